The molecule has 0 rings (SSSR count). The van der Waals surface area contributed by atoms with Gasteiger partial charge in [0.05, 0.1) is 0 Å². The van der Waals surface area contributed by atoms with Gasteiger partial charge < -0.3 is 0 Å². The molecule has 0 N–H and O–H groups in total. The molecule has 0 spiro atoms. The largest absolute Gasteiger partial charge is 0.103 e. The number of rotatable bonds is 12. The van der Waals surface area contributed by atoms with Crippen molar-refractivity contribution in [1.82, 2.24) is 0 Å². The quantitative estimate of drug-likeness (QED) is 0.221. The van der Waals surface area contributed by atoms with Crippen LogP contribution in [0.3, 0.4) is 0 Å². The molecule has 172 valence electrons. The highest BCUT2D eigenvalue weighted by Gasteiger charge is 2.22. The second-order valence-corrected chi connectivity index (χ2v) is 11.1. The van der Waals surface area contributed by atoms with Gasteiger partial charge in [-0.05, 0) is 81.8 Å². The lowest BCUT2D eigenvalue weighted by molar-refractivity contribution is 0.451. The molecule has 0 heterocycles. The van der Waals surface area contributed by atoms with Gasteiger partial charge in [0.25, 0.3) is 0 Å². The summed E-state index contributed by atoms with van der Waals surface area (Å²) in [6.07, 6.45) is 13.7. The summed E-state index contributed by atoms with van der Waals surface area (Å²) < 4.78 is 0. The van der Waals surface area contributed by atoms with Crippen molar-refractivity contribution in [2.24, 2.45) is 22.7 Å². The summed E-state index contributed by atoms with van der Waals surface area (Å²) in [5.41, 5.74) is 7.89. The lowest BCUT2D eigenvalue weighted by Crippen LogP contribution is -2.14. The molecule has 30 heavy (non-hydrogen) atoms. The Bertz CT molecular complexity index is 671. The average Bonchev–Trinajstić information content (AvgIpc) is 2.63. The van der Waals surface area contributed by atoms with E-state index in [9.17, 15) is 0 Å². The highest BCUT2D eigenvalue weighted by molar-refractivity contribution is 5.38. The zero-order chi connectivity index (χ0) is 23.7. The predicted molar refractivity (Wildman–Crippen MR) is 140 cm³/mol. The fourth-order valence-electron chi connectivity index (χ4n) is 4.23. The van der Waals surface area contributed by atoms with Crippen LogP contribution in [-0.2, 0) is 0 Å². The third-order valence-electron chi connectivity index (χ3n) is 6.48. The van der Waals surface area contributed by atoms with E-state index in [-0.39, 0.29) is 10.8 Å². The van der Waals surface area contributed by atoms with E-state index in [0.29, 0.717) is 11.8 Å². The second kappa shape index (κ2) is 12.5. The monoisotopic (exact) mass is 412 g/mol. The molecule has 1 unspecified atom stereocenters. The van der Waals surface area contributed by atoms with E-state index in [1.165, 1.54) is 17.6 Å². The van der Waals surface area contributed by atoms with Gasteiger partial charge in [-0.15, -0.1) is 6.58 Å². The van der Waals surface area contributed by atoms with Gasteiger partial charge in [-0.3, -0.25) is 0 Å². The molecule has 0 saturated carbocycles. The van der Waals surface area contributed by atoms with Gasteiger partial charge in [0.15, 0.2) is 0 Å². The topological polar surface area (TPSA) is 0 Å². The molecule has 0 bridgehead atoms. The second-order valence-electron chi connectivity index (χ2n) is 11.1. The molecule has 0 aromatic rings. The highest BCUT2D eigenvalue weighted by Crippen LogP contribution is 2.37. The van der Waals surface area contributed by atoms with E-state index in [0.717, 1.165) is 19.3 Å². The zero-order valence-electron chi connectivity index (χ0n) is 22.5. The third kappa shape index (κ3) is 10.1. The molecule has 0 aliphatic heterocycles. The van der Waals surface area contributed by atoms with Crippen molar-refractivity contribution in [2.75, 3.05) is 0 Å². The van der Waals surface area contributed by atoms with Crippen molar-refractivity contribution in [2.45, 2.75) is 109 Å². The number of allylic oxidation sites excluding steroid dienone is 9. The SMILES string of the molecule is C=CC(C)(C)CC(=C(C)C(=CC(C)(C)C=CC)CC(C)CC(C)=C(C)CC)C(C)C. The van der Waals surface area contributed by atoms with E-state index in [1.54, 1.807) is 16.7 Å². The van der Waals surface area contributed by atoms with Gasteiger partial charge in [0, 0.05) is 5.41 Å². The molecule has 0 aliphatic carbocycles. The fraction of sp³-hybridized carbons (Fsp3) is 0.667. The maximum Gasteiger partial charge on any atom is 0.00102 e. The van der Waals surface area contributed by atoms with Crippen LogP contribution in [0.15, 0.2) is 58.7 Å². The first-order valence-electron chi connectivity index (χ1n) is 12.0. The van der Waals surface area contributed by atoms with Crippen molar-refractivity contribution in [1.29, 1.82) is 0 Å². The Kier molecular flexibility index (Phi) is 12.0. The van der Waals surface area contributed by atoms with Crippen molar-refractivity contribution in [3.05, 3.63) is 58.7 Å². The highest BCUT2D eigenvalue weighted by atomic mass is 14.3. The molecule has 0 saturated heterocycles. The Hall–Kier alpha value is -1.30. The van der Waals surface area contributed by atoms with E-state index < -0.39 is 0 Å². The van der Waals surface area contributed by atoms with Crippen molar-refractivity contribution in [3.63, 3.8) is 0 Å². The number of hydrogen-bond acceptors (Lipinski definition) is 0. The molecule has 1 atom stereocenters. The van der Waals surface area contributed by atoms with Crippen LogP contribution in [0.1, 0.15) is 109 Å². The molecule has 0 radical (unpaired) electrons. The minimum atomic E-state index is 0.0608. The minimum Gasteiger partial charge on any atom is -0.103 e. The van der Waals surface area contributed by atoms with E-state index >= 15 is 0 Å². The summed E-state index contributed by atoms with van der Waals surface area (Å²) in [4.78, 5) is 0. The van der Waals surface area contributed by atoms with Crippen molar-refractivity contribution < 1.29 is 0 Å². The Morgan fingerprint density at radius 2 is 1.50 bits per heavy atom. The Morgan fingerprint density at radius 3 is 1.93 bits per heavy atom. The molecule has 0 fully saturated rings. The molecular weight excluding hydrogens is 360 g/mol. The third-order valence-corrected chi connectivity index (χ3v) is 6.48. The van der Waals surface area contributed by atoms with Gasteiger partial charge in [0.2, 0.25) is 0 Å². The van der Waals surface area contributed by atoms with Crippen LogP contribution in [-0.4, -0.2) is 0 Å². The Morgan fingerprint density at radius 1 is 0.933 bits per heavy atom. The molecule has 0 aromatic carbocycles. The maximum absolute atomic E-state index is 4.09. The standard InChI is InChI=1S/C30H52/c1-14-17-30(12,13)20-27(19-23(6)18-25(8)24(7)15-2)26(9)28(22(4)5)21-29(10,11)16-3/h14,16-17,20,22-23H,3,15,18-19,21H2,1-2,4-13H3. The average molecular weight is 413 g/mol. The first-order chi connectivity index (χ1) is 13.7. The van der Waals surface area contributed by atoms with Crippen molar-refractivity contribution >= 4 is 0 Å². The van der Waals surface area contributed by atoms with Gasteiger partial charge in [-0.25, -0.2) is 0 Å². The maximum atomic E-state index is 4.09. The molecule has 0 aliphatic rings. The minimum absolute atomic E-state index is 0.0608. The lowest BCUT2D eigenvalue weighted by atomic mass is 9.77. The zero-order valence-corrected chi connectivity index (χ0v) is 22.5. The van der Waals surface area contributed by atoms with E-state index in [4.69, 9.17) is 0 Å². The molecule has 0 amide bonds. The summed E-state index contributed by atoms with van der Waals surface area (Å²) in [5.74, 6) is 1.17. The van der Waals surface area contributed by atoms with Crippen LogP contribution in [0.5, 0.6) is 0 Å². The summed E-state index contributed by atoms with van der Waals surface area (Å²) in [5, 5.41) is 0. The summed E-state index contributed by atoms with van der Waals surface area (Å²) in [6, 6.07) is 0. The lowest BCUT2D eigenvalue weighted by Gasteiger charge is -2.29. The summed E-state index contributed by atoms with van der Waals surface area (Å²) >= 11 is 0. The van der Waals surface area contributed by atoms with Crippen LogP contribution < -0.4 is 0 Å². The van der Waals surface area contributed by atoms with Crippen LogP contribution in [0.2, 0.25) is 0 Å². The van der Waals surface area contributed by atoms with Crippen LogP contribution in [0.25, 0.3) is 0 Å². The Balaban J connectivity index is 6.28. The first-order valence-corrected chi connectivity index (χ1v) is 12.0. The molecular formula is C30H52. The van der Waals surface area contributed by atoms with Crippen LogP contribution in [0.4, 0.5) is 0 Å². The van der Waals surface area contributed by atoms with Gasteiger partial charge in [0.1, 0.15) is 0 Å². The summed E-state index contributed by atoms with van der Waals surface area (Å²) in [6.45, 7) is 31.8. The normalized spacial score (nSPS) is 16.6. The van der Waals surface area contributed by atoms with Crippen LogP contribution in [0, 0.1) is 22.7 Å². The van der Waals surface area contributed by atoms with Crippen LogP contribution >= 0.6 is 0 Å². The van der Waals surface area contributed by atoms with E-state index in [1.807, 2.05) is 0 Å². The first kappa shape index (κ1) is 28.7. The van der Waals surface area contributed by atoms with Gasteiger partial charge in [-0.1, -0.05) is 96.4 Å². The molecule has 0 aromatic heterocycles. The Labute approximate surface area is 190 Å². The van der Waals surface area contributed by atoms with Gasteiger partial charge in [-0.2, -0.15) is 0 Å². The molecule has 0 nitrogen and oxygen atoms in total. The molecule has 0 heteroatoms. The van der Waals surface area contributed by atoms with Gasteiger partial charge >= 0.3 is 0 Å². The fourth-order valence-corrected chi connectivity index (χ4v) is 4.23. The summed E-state index contributed by atoms with van der Waals surface area (Å²) in [7, 11) is 0. The van der Waals surface area contributed by atoms with E-state index in [2.05, 4.69) is 114 Å². The smallest absolute Gasteiger partial charge is 0.00102 e. The van der Waals surface area contributed by atoms with Crippen molar-refractivity contribution in [3.8, 4) is 0 Å². The number of hydrogen-bond donors (Lipinski definition) is 0. The predicted octanol–water partition coefficient (Wildman–Crippen LogP) is 10.3.